The van der Waals surface area contributed by atoms with Gasteiger partial charge >= 0.3 is 6.09 Å². The first-order valence-electron chi connectivity index (χ1n) is 9.56. The summed E-state index contributed by atoms with van der Waals surface area (Å²) < 4.78 is 10.4. The maximum atomic E-state index is 12.8. The summed E-state index contributed by atoms with van der Waals surface area (Å²) in [5.74, 6) is 0.228. The zero-order chi connectivity index (χ0) is 20.8. The van der Waals surface area contributed by atoms with Crippen molar-refractivity contribution >= 4 is 34.7 Å². The van der Waals surface area contributed by atoms with Gasteiger partial charge in [-0.3, -0.25) is 9.69 Å². The normalized spacial score (nSPS) is 15.6. The quantitative estimate of drug-likeness (QED) is 0.591. The van der Waals surface area contributed by atoms with E-state index in [9.17, 15) is 14.4 Å². The van der Waals surface area contributed by atoms with E-state index in [4.69, 9.17) is 9.47 Å². The van der Waals surface area contributed by atoms with Crippen LogP contribution in [0.4, 0.5) is 10.5 Å². The molecule has 8 nitrogen and oxygen atoms in total. The van der Waals surface area contributed by atoms with Gasteiger partial charge in [0.05, 0.1) is 13.7 Å². The van der Waals surface area contributed by atoms with Gasteiger partial charge in [0.1, 0.15) is 18.1 Å². The largest absolute Gasteiger partial charge is 0.496 e. The Labute approximate surface area is 169 Å². The molecule has 0 bridgehead atoms. The zero-order valence-electron chi connectivity index (χ0n) is 16.6. The summed E-state index contributed by atoms with van der Waals surface area (Å²) in [5.41, 5.74) is 0.558. The summed E-state index contributed by atoms with van der Waals surface area (Å²) in [6.45, 7) is 3.70. The van der Waals surface area contributed by atoms with Crippen molar-refractivity contribution < 1.29 is 23.9 Å². The van der Waals surface area contributed by atoms with Crippen LogP contribution in [0.1, 0.15) is 6.92 Å². The Hall–Kier alpha value is -3.13. The molecule has 0 aliphatic carbocycles. The monoisotopic (exact) mass is 399 g/mol. The number of methoxy groups -OCH3 is 1. The minimum absolute atomic E-state index is 0.313. The number of aldehydes is 1. The summed E-state index contributed by atoms with van der Waals surface area (Å²) in [4.78, 5) is 39.6. The first-order valence-corrected chi connectivity index (χ1v) is 9.56. The third kappa shape index (κ3) is 4.65. The SMILES string of the molecule is CCOC(=O)N1CCN(C(C=O)C(=O)Nc2cc(OC)c3ccccc3c2)CC1. The molecule has 2 amide bonds. The summed E-state index contributed by atoms with van der Waals surface area (Å²) >= 11 is 0. The molecule has 1 heterocycles. The van der Waals surface area contributed by atoms with Crippen LogP contribution < -0.4 is 10.1 Å². The predicted octanol–water partition coefficient (Wildman–Crippen LogP) is 2.13. The van der Waals surface area contributed by atoms with Gasteiger partial charge in [0.2, 0.25) is 5.91 Å². The Balaban J connectivity index is 1.69. The third-order valence-electron chi connectivity index (χ3n) is 4.94. The molecule has 1 fully saturated rings. The van der Waals surface area contributed by atoms with Crippen LogP contribution in [0.15, 0.2) is 36.4 Å². The summed E-state index contributed by atoms with van der Waals surface area (Å²) in [6, 6.07) is 10.3. The van der Waals surface area contributed by atoms with Crippen LogP contribution in [-0.4, -0.2) is 74.0 Å². The van der Waals surface area contributed by atoms with Crippen molar-refractivity contribution in [1.29, 1.82) is 0 Å². The van der Waals surface area contributed by atoms with Gasteiger partial charge in [-0.1, -0.05) is 24.3 Å². The molecule has 2 aromatic rings. The second-order valence-corrected chi connectivity index (χ2v) is 6.69. The number of benzene rings is 2. The van der Waals surface area contributed by atoms with Gasteiger partial charge in [-0.2, -0.15) is 0 Å². The summed E-state index contributed by atoms with van der Waals surface area (Å²) in [6.07, 6.45) is 0.260. The molecule has 2 aromatic carbocycles. The molecule has 1 N–H and O–H groups in total. The highest BCUT2D eigenvalue weighted by Gasteiger charge is 2.30. The van der Waals surface area contributed by atoms with E-state index in [1.54, 1.807) is 29.9 Å². The Morgan fingerprint density at radius 1 is 1.17 bits per heavy atom. The molecule has 1 atom stereocenters. The van der Waals surface area contributed by atoms with Crippen molar-refractivity contribution in [3.8, 4) is 5.75 Å². The van der Waals surface area contributed by atoms with Gasteiger partial charge in [0.25, 0.3) is 0 Å². The fourth-order valence-electron chi connectivity index (χ4n) is 3.44. The number of carbonyl (C=O) groups is 3. The molecular formula is C21H25N3O5. The average molecular weight is 399 g/mol. The molecule has 3 rings (SSSR count). The van der Waals surface area contributed by atoms with Crippen molar-refractivity contribution in [1.82, 2.24) is 9.80 Å². The number of hydrogen-bond acceptors (Lipinski definition) is 6. The number of amides is 2. The topological polar surface area (TPSA) is 88.2 Å². The molecule has 29 heavy (non-hydrogen) atoms. The second kappa shape index (κ2) is 9.38. The van der Waals surface area contributed by atoms with Gasteiger partial charge in [0.15, 0.2) is 0 Å². The lowest BCUT2D eigenvalue weighted by Gasteiger charge is -2.36. The van der Waals surface area contributed by atoms with E-state index in [1.165, 1.54) is 0 Å². The number of anilines is 1. The molecular weight excluding hydrogens is 374 g/mol. The van der Waals surface area contributed by atoms with Gasteiger partial charge in [-0.15, -0.1) is 0 Å². The Morgan fingerprint density at radius 2 is 1.90 bits per heavy atom. The fraction of sp³-hybridized carbons (Fsp3) is 0.381. The second-order valence-electron chi connectivity index (χ2n) is 6.69. The molecule has 154 valence electrons. The van der Waals surface area contributed by atoms with Gasteiger partial charge < -0.3 is 24.5 Å². The van der Waals surface area contributed by atoms with Crippen molar-refractivity contribution in [2.45, 2.75) is 13.0 Å². The van der Waals surface area contributed by atoms with Crippen LogP contribution in [0.3, 0.4) is 0 Å². The van der Waals surface area contributed by atoms with Crippen LogP contribution in [-0.2, 0) is 14.3 Å². The highest BCUT2D eigenvalue weighted by molar-refractivity contribution is 6.05. The Kier molecular flexibility index (Phi) is 6.66. The first kappa shape index (κ1) is 20.6. The number of nitrogens with zero attached hydrogens (tertiary/aromatic N) is 2. The highest BCUT2D eigenvalue weighted by atomic mass is 16.6. The zero-order valence-corrected chi connectivity index (χ0v) is 16.6. The van der Waals surface area contributed by atoms with E-state index in [0.717, 1.165) is 10.8 Å². The molecule has 1 unspecified atom stereocenters. The predicted molar refractivity (Wildman–Crippen MR) is 109 cm³/mol. The lowest BCUT2D eigenvalue weighted by Crippen LogP contribution is -2.55. The minimum Gasteiger partial charge on any atom is -0.496 e. The molecule has 1 aliphatic heterocycles. The maximum Gasteiger partial charge on any atom is 0.409 e. The number of nitrogens with one attached hydrogen (secondary N) is 1. The first-order chi connectivity index (χ1) is 14.1. The molecule has 0 spiro atoms. The summed E-state index contributed by atoms with van der Waals surface area (Å²) in [5, 5.41) is 4.68. The van der Waals surface area contributed by atoms with Crippen LogP contribution >= 0.6 is 0 Å². The van der Waals surface area contributed by atoms with Crippen LogP contribution in [0.5, 0.6) is 5.75 Å². The number of rotatable bonds is 6. The van der Waals surface area contributed by atoms with Crippen molar-refractivity contribution in [2.75, 3.05) is 45.2 Å². The lowest BCUT2D eigenvalue weighted by molar-refractivity contribution is -0.127. The fourth-order valence-corrected chi connectivity index (χ4v) is 3.44. The lowest BCUT2D eigenvalue weighted by atomic mass is 10.1. The standard InChI is InChI=1S/C21H25N3O5/c1-3-29-21(27)24-10-8-23(9-11-24)18(14-25)20(26)22-16-12-15-6-4-5-7-17(15)19(13-16)28-2/h4-7,12-14,18H,3,8-11H2,1-2H3,(H,22,26). The van der Waals surface area contributed by atoms with E-state index in [2.05, 4.69) is 5.32 Å². The number of hydrogen-bond donors (Lipinski definition) is 1. The van der Waals surface area contributed by atoms with E-state index >= 15 is 0 Å². The number of ether oxygens (including phenoxy) is 2. The van der Waals surface area contributed by atoms with E-state index in [1.807, 2.05) is 30.3 Å². The van der Waals surface area contributed by atoms with E-state index in [-0.39, 0.29) is 6.09 Å². The number of carbonyl (C=O) groups excluding carboxylic acids is 3. The average Bonchev–Trinajstić information content (AvgIpc) is 2.74. The highest BCUT2D eigenvalue weighted by Crippen LogP contribution is 2.29. The Morgan fingerprint density at radius 3 is 2.55 bits per heavy atom. The van der Waals surface area contributed by atoms with E-state index < -0.39 is 11.9 Å². The smallest absolute Gasteiger partial charge is 0.409 e. The number of fused-ring (bicyclic) bond motifs is 1. The molecule has 0 saturated carbocycles. The van der Waals surface area contributed by atoms with Crippen molar-refractivity contribution in [3.63, 3.8) is 0 Å². The molecule has 0 radical (unpaired) electrons. The van der Waals surface area contributed by atoms with Crippen LogP contribution in [0.2, 0.25) is 0 Å². The molecule has 1 saturated heterocycles. The Bertz CT molecular complexity index is 893. The number of piperazine rings is 1. The molecule has 8 heteroatoms. The van der Waals surface area contributed by atoms with E-state index in [0.29, 0.717) is 50.5 Å². The van der Waals surface area contributed by atoms with Gasteiger partial charge in [0, 0.05) is 43.3 Å². The third-order valence-corrected chi connectivity index (χ3v) is 4.94. The van der Waals surface area contributed by atoms with Crippen molar-refractivity contribution in [2.24, 2.45) is 0 Å². The maximum absolute atomic E-state index is 12.8. The summed E-state index contributed by atoms with van der Waals surface area (Å²) in [7, 11) is 1.57. The van der Waals surface area contributed by atoms with Crippen LogP contribution in [0, 0.1) is 0 Å². The van der Waals surface area contributed by atoms with Gasteiger partial charge in [-0.05, 0) is 18.4 Å². The minimum atomic E-state index is -0.934. The van der Waals surface area contributed by atoms with Gasteiger partial charge in [-0.25, -0.2) is 4.79 Å². The molecule has 0 aromatic heterocycles. The van der Waals surface area contributed by atoms with Crippen molar-refractivity contribution in [3.05, 3.63) is 36.4 Å². The molecule has 1 aliphatic rings. The van der Waals surface area contributed by atoms with Crippen LogP contribution in [0.25, 0.3) is 10.8 Å².